The molecule has 1 aliphatic heterocycles. The first-order chi connectivity index (χ1) is 10.4. The monoisotopic (exact) mass is 327 g/mol. The zero-order valence-electron chi connectivity index (χ0n) is 12.7. The first kappa shape index (κ1) is 16.6. The van der Waals surface area contributed by atoms with Crippen molar-refractivity contribution in [3.8, 4) is 5.75 Å². The Morgan fingerprint density at radius 2 is 2.00 bits per heavy atom. The van der Waals surface area contributed by atoms with E-state index in [0.29, 0.717) is 24.5 Å². The van der Waals surface area contributed by atoms with Crippen LogP contribution in [0.5, 0.6) is 5.75 Å². The van der Waals surface area contributed by atoms with Crippen molar-refractivity contribution in [2.24, 2.45) is 0 Å². The van der Waals surface area contributed by atoms with Crippen LogP contribution in [0.15, 0.2) is 24.3 Å². The molecule has 0 aliphatic carbocycles. The number of hydrogen-bond donors (Lipinski definition) is 2. The fourth-order valence-electron chi connectivity index (χ4n) is 1.92. The molecule has 0 saturated carbocycles. The Bertz CT molecular complexity index is 625. The van der Waals surface area contributed by atoms with Crippen molar-refractivity contribution < 1.29 is 17.9 Å². The zero-order valence-corrected chi connectivity index (χ0v) is 13.5. The van der Waals surface area contributed by atoms with Crippen LogP contribution in [0, 0.1) is 0 Å². The van der Waals surface area contributed by atoms with Gasteiger partial charge < -0.3 is 15.0 Å². The highest BCUT2D eigenvalue weighted by Gasteiger charge is 2.19. The third-order valence-electron chi connectivity index (χ3n) is 3.30. The smallest absolute Gasteiger partial charge is 0.410 e. The molecule has 0 bridgehead atoms. The summed E-state index contributed by atoms with van der Waals surface area (Å²) in [5, 5.41) is 2.61. The summed E-state index contributed by atoms with van der Waals surface area (Å²) in [6.45, 7) is 5.86. The number of anilines is 1. The number of sulfonamides is 1. The summed E-state index contributed by atoms with van der Waals surface area (Å²) >= 11 is 0. The molecule has 2 rings (SSSR count). The van der Waals surface area contributed by atoms with Gasteiger partial charge in [0.1, 0.15) is 5.75 Å². The predicted octanol–water partition coefficient (Wildman–Crippen LogP) is 1.24. The van der Waals surface area contributed by atoms with E-state index >= 15 is 0 Å². The summed E-state index contributed by atoms with van der Waals surface area (Å²) in [5.41, 5.74) is 0.374. The molecule has 0 aromatic heterocycles. The summed E-state index contributed by atoms with van der Waals surface area (Å²) in [6, 6.07) is 6.37. The van der Waals surface area contributed by atoms with Crippen molar-refractivity contribution >= 4 is 21.8 Å². The minimum Gasteiger partial charge on any atom is -0.410 e. The molecule has 0 atom stereocenters. The Kier molecular flexibility index (Phi) is 5.25. The maximum absolute atomic E-state index is 12.0. The lowest BCUT2D eigenvalue weighted by Crippen LogP contribution is -2.47. The molecule has 1 amide bonds. The number of piperazine rings is 1. The van der Waals surface area contributed by atoms with Gasteiger partial charge in [-0.15, -0.1) is 0 Å². The normalized spacial score (nSPS) is 15.7. The molecule has 1 aromatic rings. The minimum absolute atomic E-state index is 0.312. The lowest BCUT2D eigenvalue weighted by atomic mass is 10.3. The molecule has 122 valence electrons. The predicted molar refractivity (Wildman–Crippen MR) is 84.6 cm³/mol. The molecule has 2 N–H and O–H groups in total. The Morgan fingerprint density at radius 3 is 2.64 bits per heavy atom. The molecule has 1 heterocycles. The van der Waals surface area contributed by atoms with E-state index < -0.39 is 21.4 Å². The molecule has 22 heavy (non-hydrogen) atoms. The highest BCUT2D eigenvalue weighted by Crippen LogP contribution is 2.20. The highest BCUT2D eigenvalue weighted by atomic mass is 32.2. The molecule has 0 radical (unpaired) electrons. The molecule has 1 fully saturated rings. The van der Waals surface area contributed by atoms with Crippen molar-refractivity contribution in [2.45, 2.75) is 19.1 Å². The third kappa shape index (κ3) is 4.35. The summed E-state index contributed by atoms with van der Waals surface area (Å²) in [6.07, 6.45) is -0.426. The third-order valence-corrected chi connectivity index (χ3v) is 5.06. The number of carbonyl (C=O) groups excluding carboxylic acids is 1. The van der Waals surface area contributed by atoms with Gasteiger partial charge in [-0.05, 0) is 26.0 Å². The lowest BCUT2D eigenvalue weighted by molar-refractivity contribution is 0.146. The van der Waals surface area contributed by atoms with Crippen molar-refractivity contribution in [3.63, 3.8) is 0 Å². The largest absolute Gasteiger partial charge is 0.415 e. The summed E-state index contributed by atoms with van der Waals surface area (Å²) in [4.78, 5) is 13.6. The van der Waals surface area contributed by atoms with Gasteiger partial charge in [-0.3, -0.25) is 4.72 Å². The van der Waals surface area contributed by atoms with E-state index in [9.17, 15) is 13.2 Å². The standard InChI is InChI=1S/C14H21N3O4S/c1-11(2)22(19,20)16-12-4-3-5-13(10-12)21-14(18)17-8-6-15-7-9-17/h3-5,10-11,15-16H,6-9H2,1-2H3. The first-order valence-electron chi connectivity index (χ1n) is 7.17. The van der Waals surface area contributed by atoms with Crippen LogP contribution in [0.1, 0.15) is 13.8 Å². The molecule has 1 aromatic carbocycles. The molecule has 7 nitrogen and oxygen atoms in total. The van der Waals surface area contributed by atoms with Gasteiger partial charge >= 0.3 is 6.09 Å². The lowest BCUT2D eigenvalue weighted by Gasteiger charge is -2.26. The number of amides is 1. The van der Waals surface area contributed by atoms with Crippen LogP contribution in [0.4, 0.5) is 10.5 Å². The fraction of sp³-hybridized carbons (Fsp3) is 0.500. The van der Waals surface area contributed by atoms with Crippen LogP contribution in [-0.2, 0) is 10.0 Å². The van der Waals surface area contributed by atoms with Gasteiger partial charge in [0, 0.05) is 32.2 Å². The second-order valence-corrected chi connectivity index (χ2v) is 7.57. The average Bonchev–Trinajstić information content (AvgIpc) is 2.48. The number of benzene rings is 1. The van der Waals surface area contributed by atoms with Crippen molar-refractivity contribution in [1.29, 1.82) is 0 Å². The van der Waals surface area contributed by atoms with Crippen molar-refractivity contribution in [3.05, 3.63) is 24.3 Å². The van der Waals surface area contributed by atoms with Gasteiger partial charge in [-0.1, -0.05) is 6.07 Å². The van der Waals surface area contributed by atoms with E-state index in [1.54, 1.807) is 36.9 Å². The highest BCUT2D eigenvalue weighted by molar-refractivity contribution is 7.93. The summed E-state index contributed by atoms with van der Waals surface area (Å²) in [7, 11) is -3.43. The van der Waals surface area contributed by atoms with Crippen LogP contribution in [-0.4, -0.2) is 50.8 Å². The molecule has 0 unspecified atom stereocenters. The number of nitrogens with one attached hydrogen (secondary N) is 2. The van der Waals surface area contributed by atoms with Crippen molar-refractivity contribution in [2.75, 3.05) is 30.9 Å². The number of ether oxygens (including phenoxy) is 1. The van der Waals surface area contributed by atoms with E-state index in [4.69, 9.17) is 4.74 Å². The Hall–Kier alpha value is -1.80. The van der Waals surface area contributed by atoms with Crippen LogP contribution >= 0.6 is 0 Å². The van der Waals surface area contributed by atoms with Gasteiger partial charge in [-0.25, -0.2) is 13.2 Å². The second kappa shape index (κ2) is 6.97. The van der Waals surface area contributed by atoms with E-state index in [1.807, 2.05) is 0 Å². The fourth-order valence-corrected chi connectivity index (χ4v) is 2.61. The van der Waals surface area contributed by atoms with Gasteiger partial charge in [0.15, 0.2) is 0 Å². The van der Waals surface area contributed by atoms with Crippen LogP contribution < -0.4 is 14.8 Å². The number of hydrogen-bond acceptors (Lipinski definition) is 5. The Balaban J connectivity index is 2.03. The van der Waals surface area contributed by atoms with Crippen LogP contribution in [0.3, 0.4) is 0 Å². The topological polar surface area (TPSA) is 87.7 Å². The molecule has 0 spiro atoms. The zero-order chi connectivity index (χ0) is 16.2. The van der Waals surface area contributed by atoms with E-state index in [0.717, 1.165) is 13.1 Å². The second-order valence-electron chi connectivity index (χ2n) is 5.33. The SMILES string of the molecule is CC(C)S(=O)(=O)Nc1cccc(OC(=O)N2CCNCC2)c1. The molecular weight excluding hydrogens is 306 g/mol. The summed E-state index contributed by atoms with van der Waals surface area (Å²) in [5.74, 6) is 0.312. The maximum Gasteiger partial charge on any atom is 0.415 e. The van der Waals surface area contributed by atoms with Crippen molar-refractivity contribution in [1.82, 2.24) is 10.2 Å². The molecular formula is C14H21N3O4S. The molecule has 1 saturated heterocycles. The van der Waals surface area contributed by atoms with E-state index in [1.165, 1.54) is 6.07 Å². The Morgan fingerprint density at radius 1 is 1.32 bits per heavy atom. The number of nitrogens with zero attached hydrogens (tertiary/aromatic N) is 1. The molecule has 8 heteroatoms. The minimum atomic E-state index is -3.43. The van der Waals surface area contributed by atoms with Crippen LogP contribution in [0.2, 0.25) is 0 Å². The van der Waals surface area contributed by atoms with Gasteiger partial charge in [-0.2, -0.15) is 0 Å². The van der Waals surface area contributed by atoms with E-state index in [-0.39, 0.29) is 0 Å². The quantitative estimate of drug-likeness (QED) is 0.869. The van der Waals surface area contributed by atoms with Gasteiger partial charge in [0.05, 0.1) is 10.9 Å². The van der Waals surface area contributed by atoms with E-state index in [2.05, 4.69) is 10.0 Å². The van der Waals surface area contributed by atoms with Gasteiger partial charge in [0.25, 0.3) is 0 Å². The number of rotatable bonds is 4. The first-order valence-corrected chi connectivity index (χ1v) is 8.72. The van der Waals surface area contributed by atoms with Gasteiger partial charge in [0.2, 0.25) is 10.0 Å². The average molecular weight is 327 g/mol. The summed E-state index contributed by atoms with van der Waals surface area (Å²) < 4.78 is 31.5. The Labute approximate surface area is 130 Å². The van der Waals surface area contributed by atoms with Crippen LogP contribution in [0.25, 0.3) is 0 Å². The maximum atomic E-state index is 12.0. The number of carbonyl (C=O) groups is 1. The molecule has 1 aliphatic rings.